The van der Waals surface area contributed by atoms with Crippen molar-refractivity contribution in [3.05, 3.63) is 0 Å². The zero-order valence-electron chi connectivity index (χ0n) is 7.37. The third-order valence-electron chi connectivity index (χ3n) is 1.15. The van der Waals surface area contributed by atoms with E-state index in [1.807, 2.05) is 0 Å². The minimum absolute atomic E-state index is 0.0486. The van der Waals surface area contributed by atoms with E-state index in [2.05, 4.69) is 5.48 Å². The Balaban J connectivity index is 3.19. The van der Waals surface area contributed by atoms with Crippen LogP contribution in [0.5, 0.6) is 0 Å². The van der Waals surface area contributed by atoms with E-state index < -0.39 is 5.97 Å². The van der Waals surface area contributed by atoms with Gasteiger partial charge in [0.2, 0.25) is 0 Å². The van der Waals surface area contributed by atoms with E-state index in [0.29, 0.717) is 13.2 Å². The summed E-state index contributed by atoms with van der Waals surface area (Å²) in [6.45, 7) is 2.65. The molecular weight excluding hydrogens is 162 g/mol. The quantitative estimate of drug-likeness (QED) is 0.424. The normalized spacial score (nSPS) is 12.8. The molecule has 0 amide bonds. The molecule has 0 aliphatic heterocycles. The van der Waals surface area contributed by atoms with Crippen LogP contribution < -0.4 is 5.48 Å². The second-order valence-electron chi connectivity index (χ2n) is 2.46. The van der Waals surface area contributed by atoms with Crippen LogP contribution in [0.25, 0.3) is 0 Å². The highest BCUT2D eigenvalue weighted by Crippen LogP contribution is 1.89. The van der Waals surface area contributed by atoms with Crippen molar-refractivity contribution in [2.24, 2.45) is 0 Å². The van der Waals surface area contributed by atoms with E-state index in [0.717, 1.165) is 0 Å². The summed E-state index contributed by atoms with van der Waals surface area (Å²) in [6, 6.07) is -0.181. The first-order valence-electron chi connectivity index (χ1n) is 3.75. The molecule has 72 valence electrons. The van der Waals surface area contributed by atoms with Gasteiger partial charge in [-0.2, -0.15) is 5.48 Å². The standard InChI is InChI=1S/C7H15NO4/c1-6(5-7(9)10)8-12-4-3-11-2/h6,8H,3-5H2,1-2H3,(H,9,10). The van der Waals surface area contributed by atoms with Crippen molar-refractivity contribution in [3.63, 3.8) is 0 Å². The Bertz CT molecular complexity index is 129. The average Bonchev–Trinajstić information content (AvgIpc) is 1.97. The number of hydroxylamine groups is 1. The van der Waals surface area contributed by atoms with Gasteiger partial charge in [-0.1, -0.05) is 0 Å². The van der Waals surface area contributed by atoms with Gasteiger partial charge in [-0.25, -0.2) is 0 Å². The van der Waals surface area contributed by atoms with Gasteiger partial charge in [-0.15, -0.1) is 0 Å². The summed E-state index contributed by atoms with van der Waals surface area (Å²) in [5.74, 6) is -0.842. The van der Waals surface area contributed by atoms with Crippen LogP contribution in [-0.2, 0) is 14.4 Å². The highest BCUT2D eigenvalue weighted by atomic mass is 16.7. The number of hydrogen-bond acceptors (Lipinski definition) is 4. The Hall–Kier alpha value is -0.650. The molecular formula is C7H15NO4. The molecule has 12 heavy (non-hydrogen) atoms. The molecule has 1 atom stereocenters. The van der Waals surface area contributed by atoms with E-state index in [-0.39, 0.29) is 12.5 Å². The lowest BCUT2D eigenvalue weighted by Gasteiger charge is -2.10. The zero-order chi connectivity index (χ0) is 9.40. The molecule has 0 fully saturated rings. The summed E-state index contributed by atoms with van der Waals surface area (Å²) in [6.07, 6.45) is 0.0486. The molecule has 5 nitrogen and oxygen atoms in total. The van der Waals surface area contributed by atoms with Gasteiger partial charge in [0.1, 0.15) is 0 Å². The van der Waals surface area contributed by atoms with Crippen molar-refractivity contribution in [1.29, 1.82) is 0 Å². The van der Waals surface area contributed by atoms with Crippen molar-refractivity contribution >= 4 is 5.97 Å². The van der Waals surface area contributed by atoms with Crippen molar-refractivity contribution in [3.8, 4) is 0 Å². The van der Waals surface area contributed by atoms with E-state index >= 15 is 0 Å². The van der Waals surface area contributed by atoms with Gasteiger partial charge in [0.25, 0.3) is 0 Å². The SMILES string of the molecule is COCCONC(C)CC(=O)O. The van der Waals surface area contributed by atoms with Crippen LogP contribution in [-0.4, -0.2) is 37.4 Å². The Labute approximate surface area is 71.6 Å². The number of rotatable bonds is 7. The third kappa shape index (κ3) is 7.46. The fraction of sp³-hybridized carbons (Fsp3) is 0.857. The zero-order valence-corrected chi connectivity index (χ0v) is 7.37. The highest BCUT2D eigenvalue weighted by molar-refractivity contribution is 5.67. The molecule has 0 bridgehead atoms. The largest absolute Gasteiger partial charge is 0.481 e. The number of nitrogens with one attached hydrogen (secondary N) is 1. The van der Waals surface area contributed by atoms with Gasteiger partial charge in [0.05, 0.1) is 19.6 Å². The molecule has 2 N–H and O–H groups in total. The number of carboxylic acid groups (broad SMARTS) is 1. The summed E-state index contributed by atoms with van der Waals surface area (Å²) in [7, 11) is 1.57. The first kappa shape index (κ1) is 11.4. The lowest BCUT2D eigenvalue weighted by atomic mass is 10.3. The first-order chi connectivity index (χ1) is 5.66. The fourth-order valence-corrected chi connectivity index (χ4v) is 0.630. The Morgan fingerprint density at radius 2 is 2.25 bits per heavy atom. The average molecular weight is 177 g/mol. The summed E-state index contributed by atoms with van der Waals surface area (Å²) in [5.41, 5.74) is 2.59. The molecule has 5 heteroatoms. The maximum absolute atomic E-state index is 10.2. The van der Waals surface area contributed by atoms with Crippen LogP contribution in [0.4, 0.5) is 0 Å². The van der Waals surface area contributed by atoms with Gasteiger partial charge < -0.3 is 9.84 Å². The first-order valence-corrected chi connectivity index (χ1v) is 3.75. The van der Waals surface area contributed by atoms with Crippen LogP contribution in [0.3, 0.4) is 0 Å². The van der Waals surface area contributed by atoms with Gasteiger partial charge in [-0.05, 0) is 6.92 Å². The number of hydrogen-bond donors (Lipinski definition) is 2. The van der Waals surface area contributed by atoms with Crippen LogP contribution in [0.15, 0.2) is 0 Å². The Kier molecular flexibility index (Phi) is 6.64. The van der Waals surface area contributed by atoms with Crippen LogP contribution >= 0.6 is 0 Å². The molecule has 0 aromatic carbocycles. The van der Waals surface area contributed by atoms with Crippen molar-refractivity contribution in [1.82, 2.24) is 5.48 Å². The number of carboxylic acids is 1. The molecule has 0 aliphatic rings. The minimum atomic E-state index is -0.842. The molecule has 0 saturated heterocycles. The topological polar surface area (TPSA) is 67.8 Å². The number of ether oxygens (including phenoxy) is 1. The monoisotopic (exact) mass is 177 g/mol. The molecule has 1 unspecified atom stereocenters. The maximum Gasteiger partial charge on any atom is 0.305 e. The number of carbonyl (C=O) groups is 1. The third-order valence-corrected chi connectivity index (χ3v) is 1.15. The van der Waals surface area contributed by atoms with Crippen LogP contribution in [0, 0.1) is 0 Å². The predicted octanol–water partition coefficient (Wildman–Crippen LogP) is 0.0172. The molecule has 0 heterocycles. The van der Waals surface area contributed by atoms with Crippen LogP contribution in [0.2, 0.25) is 0 Å². The Morgan fingerprint density at radius 1 is 1.58 bits per heavy atom. The molecule has 0 aliphatic carbocycles. The fourth-order valence-electron chi connectivity index (χ4n) is 0.630. The van der Waals surface area contributed by atoms with Crippen LogP contribution in [0.1, 0.15) is 13.3 Å². The molecule has 0 radical (unpaired) electrons. The van der Waals surface area contributed by atoms with Crippen molar-refractivity contribution < 1.29 is 19.5 Å². The summed E-state index contributed by atoms with van der Waals surface area (Å²) in [4.78, 5) is 15.1. The highest BCUT2D eigenvalue weighted by Gasteiger charge is 2.05. The Morgan fingerprint density at radius 3 is 2.75 bits per heavy atom. The van der Waals surface area contributed by atoms with E-state index in [4.69, 9.17) is 14.7 Å². The van der Waals surface area contributed by atoms with Gasteiger partial charge in [0, 0.05) is 13.2 Å². The van der Waals surface area contributed by atoms with Crippen molar-refractivity contribution in [2.75, 3.05) is 20.3 Å². The van der Waals surface area contributed by atoms with E-state index in [1.54, 1.807) is 14.0 Å². The minimum Gasteiger partial charge on any atom is -0.481 e. The molecule has 0 aromatic rings. The van der Waals surface area contributed by atoms with Gasteiger partial charge in [0.15, 0.2) is 0 Å². The van der Waals surface area contributed by atoms with Gasteiger partial charge >= 0.3 is 5.97 Å². The lowest BCUT2D eigenvalue weighted by molar-refractivity contribution is -0.138. The summed E-state index contributed by atoms with van der Waals surface area (Å²) in [5, 5.41) is 8.37. The van der Waals surface area contributed by atoms with E-state index in [9.17, 15) is 4.79 Å². The molecule has 0 aromatic heterocycles. The van der Waals surface area contributed by atoms with Gasteiger partial charge in [-0.3, -0.25) is 9.63 Å². The maximum atomic E-state index is 10.2. The molecule has 0 rings (SSSR count). The van der Waals surface area contributed by atoms with Crippen molar-refractivity contribution in [2.45, 2.75) is 19.4 Å². The smallest absolute Gasteiger partial charge is 0.305 e. The second-order valence-corrected chi connectivity index (χ2v) is 2.46. The predicted molar refractivity (Wildman–Crippen MR) is 42.7 cm³/mol. The summed E-state index contributed by atoms with van der Waals surface area (Å²) < 4.78 is 4.72. The van der Waals surface area contributed by atoms with E-state index in [1.165, 1.54) is 0 Å². The summed E-state index contributed by atoms with van der Waals surface area (Å²) >= 11 is 0. The second kappa shape index (κ2) is 7.02. The number of aliphatic carboxylic acids is 1. The molecule has 0 spiro atoms. The molecule has 0 saturated carbocycles. The lowest BCUT2D eigenvalue weighted by Crippen LogP contribution is -2.29. The number of methoxy groups -OCH3 is 1.